The number of hydrogen-bond donors (Lipinski definition) is 0. The smallest absolute Gasteiger partial charge is 0.117 e. The summed E-state index contributed by atoms with van der Waals surface area (Å²) in [6.07, 6.45) is 3.80. The Labute approximate surface area is 121 Å². The van der Waals surface area contributed by atoms with Gasteiger partial charge in [0, 0.05) is 31.6 Å². The van der Waals surface area contributed by atoms with Gasteiger partial charge in [-0.25, -0.2) is 0 Å². The molecule has 20 heavy (non-hydrogen) atoms. The molecular weight excluding hydrogens is 252 g/mol. The van der Waals surface area contributed by atoms with Crippen molar-refractivity contribution in [3.8, 4) is 0 Å². The summed E-state index contributed by atoms with van der Waals surface area (Å²) in [5.41, 5.74) is 0. The lowest BCUT2D eigenvalue weighted by molar-refractivity contribution is 0.0167. The van der Waals surface area contributed by atoms with E-state index in [9.17, 15) is 0 Å². The summed E-state index contributed by atoms with van der Waals surface area (Å²) >= 11 is 0. The Balaban J connectivity index is 1.47. The quantitative estimate of drug-likeness (QED) is 0.826. The van der Waals surface area contributed by atoms with Crippen LogP contribution in [0.3, 0.4) is 0 Å². The van der Waals surface area contributed by atoms with E-state index in [-0.39, 0.29) is 0 Å². The van der Waals surface area contributed by atoms with Crippen molar-refractivity contribution in [2.75, 3.05) is 26.7 Å². The molecule has 0 bridgehead atoms. The fraction of sp³-hybridized carbons (Fsp3) is 0.750. The maximum atomic E-state index is 6.24. The lowest BCUT2D eigenvalue weighted by Crippen LogP contribution is -2.35. The fourth-order valence-electron chi connectivity index (χ4n) is 3.35. The number of rotatable bonds is 5. The van der Waals surface area contributed by atoms with Crippen molar-refractivity contribution in [3.05, 3.63) is 24.2 Å². The van der Waals surface area contributed by atoms with Crippen LogP contribution in [0.15, 0.2) is 22.8 Å². The Hall–Kier alpha value is -0.840. The molecule has 0 amide bonds. The van der Waals surface area contributed by atoms with Crippen LogP contribution in [0, 0.1) is 5.92 Å². The van der Waals surface area contributed by atoms with Crippen molar-refractivity contribution < 1.29 is 9.15 Å². The predicted octanol–water partition coefficient (Wildman–Crippen LogP) is 2.21. The lowest BCUT2D eigenvalue weighted by atomic mass is 10.0. The highest BCUT2D eigenvalue weighted by molar-refractivity contribution is 5.00. The van der Waals surface area contributed by atoms with Crippen LogP contribution in [0.4, 0.5) is 0 Å². The van der Waals surface area contributed by atoms with Gasteiger partial charge in [0.1, 0.15) is 5.76 Å². The first kappa shape index (κ1) is 14.1. The molecule has 2 aliphatic heterocycles. The highest BCUT2D eigenvalue weighted by atomic mass is 16.5. The average molecular weight is 278 g/mol. The Bertz CT molecular complexity index is 404. The van der Waals surface area contributed by atoms with Crippen LogP contribution in [0.25, 0.3) is 0 Å². The Morgan fingerprint density at radius 2 is 2.25 bits per heavy atom. The van der Waals surface area contributed by atoms with Gasteiger partial charge in [-0.1, -0.05) is 0 Å². The van der Waals surface area contributed by atoms with Gasteiger partial charge >= 0.3 is 0 Å². The molecule has 3 heterocycles. The highest BCUT2D eigenvalue weighted by Gasteiger charge is 2.42. The maximum Gasteiger partial charge on any atom is 0.117 e. The fourth-order valence-corrected chi connectivity index (χ4v) is 3.35. The summed E-state index contributed by atoms with van der Waals surface area (Å²) in [6.45, 7) is 8.64. The summed E-state index contributed by atoms with van der Waals surface area (Å²) in [5, 5.41) is 0. The summed E-state index contributed by atoms with van der Waals surface area (Å²) < 4.78 is 11.7. The Morgan fingerprint density at radius 3 is 2.90 bits per heavy atom. The molecule has 2 aliphatic rings. The monoisotopic (exact) mass is 278 g/mol. The maximum absolute atomic E-state index is 6.24. The highest BCUT2D eigenvalue weighted by Crippen LogP contribution is 2.34. The molecule has 1 aromatic heterocycles. The number of hydrogen-bond acceptors (Lipinski definition) is 4. The number of furan rings is 1. The zero-order chi connectivity index (χ0) is 14.1. The SMILES string of the molecule is CC(C)N(C)C[C@@H]1C[C@H]2CN(Cc3ccco3)C[C@H]2O1. The molecule has 3 atom stereocenters. The van der Waals surface area contributed by atoms with E-state index >= 15 is 0 Å². The van der Waals surface area contributed by atoms with Crippen molar-refractivity contribution in [1.82, 2.24) is 9.80 Å². The van der Waals surface area contributed by atoms with Gasteiger partial charge in [0.25, 0.3) is 0 Å². The number of nitrogens with zero attached hydrogens (tertiary/aromatic N) is 2. The zero-order valence-corrected chi connectivity index (χ0v) is 12.8. The van der Waals surface area contributed by atoms with E-state index in [4.69, 9.17) is 9.15 Å². The Morgan fingerprint density at radius 1 is 1.40 bits per heavy atom. The molecule has 4 nitrogen and oxygen atoms in total. The summed E-state index contributed by atoms with van der Waals surface area (Å²) in [7, 11) is 2.19. The van der Waals surface area contributed by atoms with Crippen molar-refractivity contribution >= 4 is 0 Å². The topological polar surface area (TPSA) is 28.9 Å². The molecule has 3 rings (SSSR count). The number of ether oxygens (including phenoxy) is 1. The minimum Gasteiger partial charge on any atom is -0.468 e. The van der Waals surface area contributed by atoms with E-state index in [1.54, 1.807) is 6.26 Å². The molecule has 0 unspecified atom stereocenters. The standard InChI is InChI=1S/C16H26N2O2/c1-12(2)17(3)9-15-7-13-8-18(11-16(13)20-15)10-14-5-4-6-19-14/h4-6,12-13,15-16H,7-11H2,1-3H3/t13-,15-,16+/m0/s1. The summed E-state index contributed by atoms with van der Waals surface area (Å²) in [5.74, 6) is 1.76. The largest absolute Gasteiger partial charge is 0.468 e. The first-order valence-corrected chi connectivity index (χ1v) is 7.72. The first-order chi connectivity index (χ1) is 9.61. The lowest BCUT2D eigenvalue weighted by Gasteiger charge is -2.25. The second-order valence-electron chi connectivity index (χ2n) is 6.60. The van der Waals surface area contributed by atoms with E-state index in [0.717, 1.165) is 31.9 Å². The van der Waals surface area contributed by atoms with Crippen molar-refractivity contribution in [3.63, 3.8) is 0 Å². The average Bonchev–Trinajstić information content (AvgIpc) is 3.05. The molecule has 4 heteroatoms. The van der Waals surface area contributed by atoms with Gasteiger partial charge in [0.05, 0.1) is 25.0 Å². The van der Waals surface area contributed by atoms with Crippen LogP contribution < -0.4 is 0 Å². The molecular formula is C16H26N2O2. The normalized spacial score (nSPS) is 30.6. The van der Waals surface area contributed by atoms with Crippen molar-refractivity contribution in [1.29, 1.82) is 0 Å². The predicted molar refractivity (Wildman–Crippen MR) is 78.5 cm³/mol. The van der Waals surface area contributed by atoms with Gasteiger partial charge in [0.2, 0.25) is 0 Å². The molecule has 0 aromatic carbocycles. The van der Waals surface area contributed by atoms with Crippen molar-refractivity contribution in [2.24, 2.45) is 5.92 Å². The van der Waals surface area contributed by atoms with Crippen LogP contribution in [0.2, 0.25) is 0 Å². The molecule has 0 radical (unpaired) electrons. The van der Waals surface area contributed by atoms with Crippen molar-refractivity contribution in [2.45, 2.75) is 45.1 Å². The van der Waals surface area contributed by atoms with Crippen LogP contribution >= 0.6 is 0 Å². The third-order valence-electron chi connectivity index (χ3n) is 4.72. The molecule has 0 saturated carbocycles. The third-order valence-corrected chi connectivity index (χ3v) is 4.72. The zero-order valence-electron chi connectivity index (χ0n) is 12.8. The van der Waals surface area contributed by atoms with Crippen LogP contribution in [0.1, 0.15) is 26.0 Å². The molecule has 2 saturated heterocycles. The first-order valence-electron chi connectivity index (χ1n) is 7.72. The van der Waals surface area contributed by atoms with Crippen LogP contribution in [0.5, 0.6) is 0 Å². The van der Waals surface area contributed by atoms with Gasteiger partial charge in [-0.3, -0.25) is 4.90 Å². The minimum atomic E-state index is 0.420. The molecule has 0 spiro atoms. The summed E-state index contributed by atoms with van der Waals surface area (Å²) in [4.78, 5) is 4.84. The van der Waals surface area contributed by atoms with E-state index < -0.39 is 0 Å². The van der Waals surface area contributed by atoms with Gasteiger partial charge in [0.15, 0.2) is 0 Å². The van der Waals surface area contributed by atoms with Crippen LogP contribution in [-0.2, 0) is 11.3 Å². The third kappa shape index (κ3) is 3.08. The van der Waals surface area contributed by atoms with Gasteiger partial charge in [-0.05, 0) is 39.4 Å². The second-order valence-corrected chi connectivity index (χ2v) is 6.60. The van der Waals surface area contributed by atoms with Crippen LogP contribution in [-0.4, -0.2) is 54.7 Å². The molecule has 112 valence electrons. The molecule has 2 fully saturated rings. The minimum absolute atomic E-state index is 0.420. The van der Waals surface area contributed by atoms with E-state index in [1.807, 2.05) is 6.07 Å². The second kappa shape index (κ2) is 5.88. The van der Waals surface area contributed by atoms with Gasteiger partial charge in [-0.2, -0.15) is 0 Å². The van der Waals surface area contributed by atoms with E-state index in [0.29, 0.717) is 24.2 Å². The molecule has 0 N–H and O–H groups in total. The van der Waals surface area contributed by atoms with Gasteiger partial charge in [-0.15, -0.1) is 0 Å². The van der Waals surface area contributed by atoms with E-state index in [2.05, 4.69) is 36.8 Å². The van der Waals surface area contributed by atoms with Gasteiger partial charge < -0.3 is 14.1 Å². The molecule has 0 aliphatic carbocycles. The number of fused-ring (bicyclic) bond motifs is 1. The Kier molecular flexibility index (Phi) is 4.15. The van der Waals surface area contributed by atoms with E-state index in [1.165, 1.54) is 6.42 Å². The molecule has 1 aromatic rings. The number of likely N-dealkylation sites (tertiary alicyclic amines) is 1. The number of likely N-dealkylation sites (N-methyl/N-ethyl adjacent to an activating group) is 1. The summed E-state index contributed by atoms with van der Waals surface area (Å²) in [6, 6.07) is 4.60.